The highest BCUT2D eigenvalue weighted by Crippen LogP contribution is 2.21. The Morgan fingerprint density at radius 1 is 1.33 bits per heavy atom. The first-order valence-corrected chi connectivity index (χ1v) is 6.82. The minimum Gasteiger partial charge on any atom is -0.366 e. The quantitative estimate of drug-likeness (QED) is 0.887. The molecule has 2 nitrogen and oxygen atoms in total. The van der Waals surface area contributed by atoms with Crippen molar-refractivity contribution in [2.75, 3.05) is 18.0 Å². The molecule has 0 bridgehead atoms. The number of hydrogen-bond donors (Lipinski definition) is 1. The van der Waals surface area contributed by atoms with Crippen LogP contribution in [-0.2, 0) is 0 Å². The van der Waals surface area contributed by atoms with E-state index in [1.54, 1.807) is 12.1 Å². The Bertz CT molecular complexity index is 375. The molecule has 2 atom stereocenters. The van der Waals surface area contributed by atoms with Crippen molar-refractivity contribution in [3.05, 3.63) is 30.1 Å². The maximum atomic E-state index is 13.0. The molecule has 100 valence electrons. The summed E-state index contributed by atoms with van der Waals surface area (Å²) in [6.07, 6.45) is 1.18. The Morgan fingerprint density at radius 2 is 2.00 bits per heavy atom. The van der Waals surface area contributed by atoms with E-state index in [2.05, 4.69) is 31.0 Å². The fourth-order valence-corrected chi connectivity index (χ4v) is 2.65. The molecular weight excluding hydrogens is 227 g/mol. The van der Waals surface area contributed by atoms with Crippen molar-refractivity contribution in [1.82, 2.24) is 5.32 Å². The highest BCUT2D eigenvalue weighted by Gasteiger charge is 2.25. The average Bonchev–Trinajstić information content (AvgIpc) is 2.32. The first-order valence-electron chi connectivity index (χ1n) is 6.82. The van der Waals surface area contributed by atoms with Crippen LogP contribution < -0.4 is 10.2 Å². The number of nitrogens with zero attached hydrogens (tertiary/aromatic N) is 1. The predicted molar refractivity (Wildman–Crippen MR) is 74.5 cm³/mol. The predicted octanol–water partition coefficient (Wildman–Crippen LogP) is 3.04. The van der Waals surface area contributed by atoms with Crippen LogP contribution in [-0.4, -0.2) is 25.2 Å². The number of hydrogen-bond acceptors (Lipinski definition) is 2. The van der Waals surface area contributed by atoms with Gasteiger partial charge < -0.3 is 10.2 Å². The molecule has 1 N–H and O–H groups in total. The lowest BCUT2D eigenvalue weighted by atomic mass is 9.99. The van der Waals surface area contributed by atoms with E-state index in [9.17, 15) is 4.39 Å². The zero-order valence-corrected chi connectivity index (χ0v) is 11.5. The monoisotopic (exact) mass is 250 g/mol. The Balaban J connectivity index is 2.07. The van der Waals surface area contributed by atoms with Crippen LogP contribution in [0.15, 0.2) is 24.3 Å². The van der Waals surface area contributed by atoms with Crippen molar-refractivity contribution in [2.24, 2.45) is 5.92 Å². The highest BCUT2D eigenvalue weighted by atomic mass is 19.1. The van der Waals surface area contributed by atoms with Crippen molar-refractivity contribution >= 4 is 5.69 Å². The van der Waals surface area contributed by atoms with Crippen molar-refractivity contribution < 1.29 is 4.39 Å². The summed E-state index contributed by atoms with van der Waals surface area (Å²) in [6.45, 7) is 8.71. The lowest BCUT2D eigenvalue weighted by molar-refractivity contribution is 0.356. The molecule has 1 fully saturated rings. The molecule has 0 aliphatic carbocycles. The van der Waals surface area contributed by atoms with Crippen LogP contribution >= 0.6 is 0 Å². The summed E-state index contributed by atoms with van der Waals surface area (Å²) in [6, 6.07) is 7.83. The summed E-state index contributed by atoms with van der Waals surface area (Å²) in [5.41, 5.74) is 1.12. The molecule has 2 unspecified atom stereocenters. The normalized spacial score (nSPS) is 24.6. The molecular formula is C15H23FN2. The molecule has 0 saturated carbocycles. The van der Waals surface area contributed by atoms with Gasteiger partial charge in [-0.3, -0.25) is 0 Å². The number of halogens is 1. The van der Waals surface area contributed by atoms with Crippen LogP contribution in [0.2, 0.25) is 0 Å². The summed E-state index contributed by atoms with van der Waals surface area (Å²) >= 11 is 0. The first kappa shape index (κ1) is 13.3. The van der Waals surface area contributed by atoms with E-state index in [0.717, 1.165) is 18.8 Å². The molecule has 0 aromatic heterocycles. The van der Waals surface area contributed by atoms with Gasteiger partial charge in [-0.05, 0) is 43.5 Å². The molecule has 2 rings (SSSR count). The van der Waals surface area contributed by atoms with Crippen LogP contribution in [0.5, 0.6) is 0 Å². The summed E-state index contributed by atoms with van der Waals surface area (Å²) in [5, 5.41) is 3.60. The Hall–Kier alpha value is -1.09. The summed E-state index contributed by atoms with van der Waals surface area (Å²) in [7, 11) is 0. The van der Waals surface area contributed by atoms with Crippen LogP contribution in [0.25, 0.3) is 0 Å². The van der Waals surface area contributed by atoms with Crippen molar-refractivity contribution in [2.45, 2.75) is 39.3 Å². The highest BCUT2D eigenvalue weighted by molar-refractivity contribution is 5.48. The molecule has 0 radical (unpaired) electrons. The first-order chi connectivity index (χ1) is 8.56. The second-order valence-corrected chi connectivity index (χ2v) is 5.71. The third-order valence-corrected chi connectivity index (χ3v) is 3.57. The summed E-state index contributed by atoms with van der Waals surface area (Å²) < 4.78 is 13.0. The molecule has 0 spiro atoms. The van der Waals surface area contributed by atoms with E-state index in [-0.39, 0.29) is 5.82 Å². The van der Waals surface area contributed by atoms with Crippen molar-refractivity contribution in [3.8, 4) is 0 Å². The average molecular weight is 250 g/mol. The largest absolute Gasteiger partial charge is 0.366 e. The number of benzene rings is 1. The van der Waals surface area contributed by atoms with Crippen molar-refractivity contribution in [1.29, 1.82) is 0 Å². The van der Waals surface area contributed by atoms with Gasteiger partial charge in [-0.15, -0.1) is 0 Å². The van der Waals surface area contributed by atoms with Crippen LogP contribution in [0.3, 0.4) is 0 Å². The zero-order chi connectivity index (χ0) is 13.1. The zero-order valence-electron chi connectivity index (χ0n) is 11.5. The van der Waals surface area contributed by atoms with Gasteiger partial charge in [-0.2, -0.15) is 0 Å². The Labute approximate surface area is 109 Å². The maximum absolute atomic E-state index is 13.0. The van der Waals surface area contributed by atoms with Gasteiger partial charge in [0.1, 0.15) is 5.82 Å². The molecule has 18 heavy (non-hydrogen) atoms. The molecule has 1 aliphatic heterocycles. The van der Waals surface area contributed by atoms with Crippen LogP contribution in [0.4, 0.5) is 10.1 Å². The topological polar surface area (TPSA) is 15.3 Å². The fourth-order valence-electron chi connectivity index (χ4n) is 2.65. The van der Waals surface area contributed by atoms with Gasteiger partial charge in [0.25, 0.3) is 0 Å². The van der Waals surface area contributed by atoms with E-state index in [4.69, 9.17) is 0 Å². The summed E-state index contributed by atoms with van der Waals surface area (Å²) in [4.78, 5) is 2.38. The second kappa shape index (κ2) is 5.70. The smallest absolute Gasteiger partial charge is 0.123 e. The van der Waals surface area contributed by atoms with E-state index in [0.29, 0.717) is 18.0 Å². The maximum Gasteiger partial charge on any atom is 0.123 e. The number of anilines is 1. The van der Waals surface area contributed by atoms with E-state index in [1.807, 2.05) is 12.1 Å². The van der Waals surface area contributed by atoms with Crippen LogP contribution in [0, 0.1) is 11.7 Å². The minimum absolute atomic E-state index is 0.166. The van der Waals surface area contributed by atoms with Gasteiger partial charge in [-0.25, -0.2) is 4.39 Å². The van der Waals surface area contributed by atoms with E-state index in [1.165, 1.54) is 6.42 Å². The lowest BCUT2D eigenvalue weighted by Gasteiger charge is -2.41. The molecule has 1 aromatic rings. The molecule has 1 heterocycles. The number of nitrogens with one attached hydrogen (secondary N) is 1. The SMILES string of the molecule is CC(C)CC1CN(c2ccc(F)cc2)C(C)CN1. The summed E-state index contributed by atoms with van der Waals surface area (Å²) in [5.74, 6) is 0.534. The van der Waals surface area contributed by atoms with E-state index < -0.39 is 0 Å². The minimum atomic E-state index is -0.166. The third kappa shape index (κ3) is 3.22. The lowest BCUT2D eigenvalue weighted by Crippen LogP contribution is -2.55. The molecule has 1 aliphatic rings. The van der Waals surface area contributed by atoms with Gasteiger partial charge >= 0.3 is 0 Å². The molecule has 3 heteroatoms. The standard InChI is InChI=1S/C15H23FN2/c1-11(2)8-14-10-18(12(3)9-17-14)15-6-4-13(16)5-7-15/h4-7,11-12,14,17H,8-10H2,1-3H3. The third-order valence-electron chi connectivity index (χ3n) is 3.57. The Kier molecular flexibility index (Phi) is 4.23. The second-order valence-electron chi connectivity index (χ2n) is 5.71. The van der Waals surface area contributed by atoms with Gasteiger partial charge in [0.2, 0.25) is 0 Å². The van der Waals surface area contributed by atoms with Gasteiger partial charge in [-0.1, -0.05) is 13.8 Å². The number of rotatable bonds is 3. The van der Waals surface area contributed by atoms with E-state index >= 15 is 0 Å². The Morgan fingerprint density at radius 3 is 2.61 bits per heavy atom. The number of piperazine rings is 1. The molecule has 1 saturated heterocycles. The van der Waals surface area contributed by atoms with Gasteiger partial charge in [0.15, 0.2) is 0 Å². The fraction of sp³-hybridized carbons (Fsp3) is 0.600. The van der Waals surface area contributed by atoms with Gasteiger partial charge in [0, 0.05) is 30.9 Å². The molecule has 0 amide bonds. The van der Waals surface area contributed by atoms with Crippen molar-refractivity contribution in [3.63, 3.8) is 0 Å². The van der Waals surface area contributed by atoms with Gasteiger partial charge in [0.05, 0.1) is 0 Å². The molecule has 1 aromatic carbocycles. The van der Waals surface area contributed by atoms with Crippen LogP contribution in [0.1, 0.15) is 27.2 Å².